The minimum Gasteiger partial charge on any atom is -0.361 e. The number of fused-ring (bicyclic) bond motifs is 1. The zero-order valence-electron chi connectivity index (χ0n) is 15.0. The predicted molar refractivity (Wildman–Crippen MR) is 104 cm³/mol. The summed E-state index contributed by atoms with van der Waals surface area (Å²) in [6.45, 7) is 3.42. The van der Waals surface area contributed by atoms with E-state index < -0.39 is 0 Å². The van der Waals surface area contributed by atoms with Crippen molar-refractivity contribution in [1.82, 2.24) is 10.3 Å². The zero-order valence-corrected chi connectivity index (χ0v) is 15.0. The number of carbonyl (C=O) groups excluding carboxylic acids is 2. The molecule has 3 N–H and O–H groups in total. The van der Waals surface area contributed by atoms with Gasteiger partial charge in [-0.05, 0) is 60.2 Å². The topological polar surface area (TPSA) is 74.0 Å². The van der Waals surface area contributed by atoms with Crippen LogP contribution in [0, 0.1) is 0 Å². The lowest BCUT2D eigenvalue weighted by atomic mass is 10.1. The molecule has 1 unspecified atom stereocenters. The van der Waals surface area contributed by atoms with Gasteiger partial charge in [0.15, 0.2) is 0 Å². The average Bonchev–Trinajstić information content (AvgIpc) is 3.07. The third-order valence-electron chi connectivity index (χ3n) is 4.34. The summed E-state index contributed by atoms with van der Waals surface area (Å²) in [6, 6.07) is 15.6. The molecule has 0 fully saturated rings. The van der Waals surface area contributed by atoms with Crippen LogP contribution in [-0.2, 0) is 16.0 Å². The molecule has 0 saturated carbocycles. The normalized spacial score (nSPS) is 11.9. The van der Waals surface area contributed by atoms with E-state index in [1.54, 1.807) is 0 Å². The molecule has 2 aromatic carbocycles. The van der Waals surface area contributed by atoms with Crippen LogP contribution in [0.5, 0.6) is 0 Å². The second-order valence-corrected chi connectivity index (χ2v) is 6.50. The molecule has 5 nitrogen and oxygen atoms in total. The maximum atomic E-state index is 12.3. The van der Waals surface area contributed by atoms with Gasteiger partial charge in [-0.1, -0.05) is 18.2 Å². The zero-order chi connectivity index (χ0) is 18.5. The molecule has 134 valence electrons. The molecule has 0 aliphatic rings. The Balaban J connectivity index is 1.56. The number of nitrogens with one attached hydrogen (secondary N) is 3. The van der Waals surface area contributed by atoms with Gasteiger partial charge >= 0.3 is 0 Å². The van der Waals surface area contributed by atoms with E-state index in [0.717, 1.165) is 27.7 Å². The van der Waals surface area contributed by atoms with Crippen molar-refractivity contribution in [3.05, 3.63) is 65.9 Å². The van der Waals surface area contributed by atoms with Gasteiger partial charge in [0.05, 0.1) is 6.04 Å². The van der Waals surface area contributed by atoms with Crippen molar-refractivity contribution >= 4 is 28.4 Å². The fourth-order valence-corrected chi connectivity index (χ4v) is 3.00. The molecule has 0 saturated heterocycles. The number of aromatic amines is 1. The summed E-state index contributed by atoms with van der Waals surface area (Å²) in [4.78, 5) is 26.6. The fraction of sp³-hybridized carbons (Fsp3) is 0.238. The monoisotopic (exact) mass is 349 g/mol. The van der Waals surface area contributed by atoms with Crippen LogP contribution in [0.2, 0.25) is 0 Å². The van der Waals surface area contributed by atoms with Gasteiger partial charge in [0.2, 0.25) is 11.8 Å². The molecule has 0 radical (unpaired) electrons. The van der Waals surface area contributed by atoms with Gasteiger partial charge in [-0.15, -0.1) is 0 Å². The molecular weight excluding hydrogens is 326 g/mol. The predicted octanol–water partition coefficient (Wildman–Crippen LogP) is 3.94. The molecule has 0 bridgehead atoms. The third kappa shape index (κ3) is 4.51. The molecule has 2 amide bonds. The average molecular weight is 349 g/mol. The molecule has 26 heavy (non-hydrogen) atoms. The Kier molecular flexibility index (Phi) is 5.37. The number of amides is 2. The maximum absolute atomic E-state index is 12.3. The highest BCUT2D eigenvalue weighted by atomic mass is 16.2. The summed E-state index contributed by atoms with van der Waals surface area (Å²) in [6.07, 6.45) is 3.05. The van der Waals surface area contributed by atoms with Crippen LogP contribution in [0.4, 0.5) is 5.69 Å². The Bertz CT molecular complexity index is 930. The van der Waals surface area contributed by atoms with Gasteiger partial charge < -0.3 is 15.6 Å². The number of carbonyl (C=O) groups is 2. The van der Waals surface area contributed by atoms with Gasteiger partial charge in [-0.25, -0.2) is 0 Å². The smallest absolute Gasteiger partial charge is 0.221 e. The van der Waals surface area contributed by atoms with Crippen LogP contribution in [0.3, 0.4) is 0 Å². The number of anilines is 1. The molecule has 3 rings (SSSR count). The van der Waals surface area contributed by atoms with E-state index in [0.29, 0.717) is 12.8 Å². The van der Waals surface area contributed by atoms with Crippen molar-refractivity contribution in [2.24, 2.45) is 0 Å². The van der Waals surface area contributed by atoms with Crippen LogP contribution in [0.25, 0.3) is 10.9 Å². The summed E-state index contributed by atoms with van der Waals surface area (Å²) < 4.78 is 0. The highest BCUT2D eigenvalue weighted by Gasteiger charge is 2.11. The summed E-state index contributed by atoms with van der Waals surface area (Å²) in [7, 11) is 0. The van der Waals surface area contributed by atoms with Crippen LogP contribution in [-0.4, -0.2) is 16.8 Å². The summed E-state index contributed by atoms with van der Waals surface area (Å²) in [5.74, 6) is -0.102. The lowest BCUT2D eigenvalue weighted by Gasteiger charge is -2.15. The van der Waals surface area contributed by atoms with E-state index in [9.17, 15) is 9.59 Å². The van der Waals surface area contributed by atoms with E-state index in [-0.39, 0.29) is 17.9 Å². The minimum atomic E-state index is -0.122. The highest BCUT2D eigenvalue weighted by Crippen LogP contribution is 2.18. The molecule has 1 heterocycles. The van der Waals surface area contributed by atoms with Crippen molar-refractivity contribution in [3.63, 3.8) is 0 Å². The molecule has 0 spiro atoms. The molecule has 3 aromatic rings. The van der Waals surface area contributed by atoms with E-state index in [1.165, 1.54) is 6.92 Å². The summed E-state index contributed by atoms with van der Waals surface area (Å²) >= 11 is 0. The van der Waals surface area contributed by atoms with Crippen molar-refractivity contribution < 1.29 is 9.59 Å². The molecule has 1 atom stereocenters. The summed E-state index contributed by atoms with van der Waals surface area (Å²) in [5, 5.41) is 6.94. The Labute approximate surface area is 152 Å². The lowest BCUT2D eigenvalue weighted by molar-refractivity contribution is -0.121. The Morgan fingerprint density at radius 2 is 1.96 bits per heavy atom. The maximum Gasteiger partial charge on any atom is 0.221 e. The first-order valence-corrected chi connectivity index (χ1v) is 8.74. The lowest BCUT2D eigenvalue weighted by Crippen LogP contribution is -2.26. The Morgan fingerprint density at radius 3 is 2.77 bits per heavy atom. The molecule has 0 aliphatic carbocycles. The van der Waals surface area contributed by atoms with E-state index in [1.807, 2.05) is 55.6 Å². The van der Waals surface area contributed by atoms with Gasteiger partial charge in [-0.2, -0.15) is 0 Å². The van der Waals surface area contributed by atoms with Gasteiger partial charge in [0, 0.05) is 30.7 Å². The summed E-state index contributed by atoms with van der Waals surface area (Å²) in [5.41, 5.74) is 3.94. The van der Waals surface area contributed by atoms with E-state index in [2.05, 4.69) is 21.7 Å². The highest BCUT2D eigenvalue weighted by molar-refractivity contribution is 5.88. The number of H-pyrrole nitrogens is 1. The second kappa shape index (κ2) is 7.87. The standard InChI is InChI=1S/C21H23N3O2/c1-14(17-4-3-5-19(13-17)24-15(2)25)23-21(26)9-7-16-6-8-20-18(12-16)10-11-22-20/h3-6,8,10-14,22H,7,9H2,1-2H3,(H,23,26)(H,24,25). The number of rotatable bonds is 6. The quantitative estimate of drug-likeness (QED) is 0.631. The van der Waals surface area contributed by atoms with Crippen molar-refractivity contribution in [2.45, 2.75) is 32.7 Å². The second-order valence-electron chi connectivity index (χ2n) is 6.50. The van der Waals surface area contributed by atoms with E-state index in [4.69, 9.17) is 0 Å². The van der Waals surface area contributed by atoms with Gasteiger partial charge in [0.25, 0.3) is 0 Å². The number of hydrogen-bond donors (Lipinski definition) is 3. The third-order valence-corrected chi connectivity index (χ3v) is 4.34. The molecule has 5 heteroatoms. The van der Waals surface area contributed by atoms with Crippen LogP contribution in [0.15, 0.2) is 54.7 Å². The molecule has 1 aromatic heterocycles. The van der Waals surface area contributed by atoms with Crippen LogP contribution in [0.1, 0.15) is 37.4 Å². The first-order chi connectivity index (χ1) is 12.5. The van der Waals surface area contributed by atoms with Crippen LogP contribution >= 0.6 is 0 Å². The number of aryl methyl sites for hydroxylation is 1. The van der Waals surface area contributed by atoms with Crippen LogP contribution < -0.4 is 10.6 Å². The first-order valence-electron chi connectivity index (χ1n) is 8.74. The number of aromatic nitrogens is 1. The Hall–Kier alpha value is -3.08. The van der Waals surface area contributed by atoms with Gasteiger partial charge in [0.1, 0.15) is 0 Å². The van der Waals surface area contributed by atoms with Crippen molar-refractivity contribution in [3.8, 4) is 0 Å². The fourth-order valence-electron chi connectivity index (χ4n) is 3.00. The van der Waals surface area contributed by atoms with E-state index >= 15 is 0 Å². The first kappa shape index (κ1) is 17.7. The number of hydrogen-bond acceptors (Lipinski definition) is 2. The SMILES string of the molecule is CC(=O)Nc1cccc(C(C)NC(=O)CCc2ccc3[nH]ccc3c2)c1. The Morgan fingerprint density at radius 1 is 1.12 bits per heavy atom. The minimum absolute atomic E-state index is 0.0107. The van der Waals surface area contributed by atoms with Crippen molar-refractivity contribution in [1.29, 1.82) is 0 Å². The largest absolute Gasteiger partial charge is 0.361 e. The van der Waals surface area contributed by atoms with Gasteiger partial charge in [-0.3, -0.25) is 9.59 Å². The molecular formula is C21H23N3O2. The number of benzene rings is 2. The molecule has 0 aliphatic heterocycles. The van der Waals surface area contributed by atoms with Crippen molar-refractivity contribution in [2.75, 3.05) is 5.32 Å².